The molecule has 1 unspecified atom stereocenters. The van der Waals surface area contributed by atoms with Crippen molar-refractivity contribution in [3.05, 3.63) is 64.2 Å². The Morgan fingerprint density at radius 3 is 2.49 bits per heavy atom. The van der Waals surface area contributed by atoms with Gasteiger partial charge in [0.05, 0.1) is 10.5 Å². The molecular formula is C25H27F3N4O3S2. The van der Waals surface area contributed by atoms with E-state index in [1.54, 1.807) is 12.1 Å². The van der Waals surface area contributed by atoms with Gasteiger partial charge in [0.15, 0.2) is 0 Å². The second-order valence-corrected chi connectivity index (χ2v) is 12.5. The number of sulfonamides is 1. The van der Waals surface area contributed by atoms with E-state index >= 15 is 0 Å². The van der Waals surface area contributed by atoms with E-state index in [2.05, 4.69) is 20.2 Å². The molecule has 1 fully saturated rings. The highest BCUT2D eigenvalue weighted by atomic mass is 32.2. The SMILES string of the molecule is CC1(C)CC(c2ccc(C(F)(F)F)cc2C2CCNCC2)c2ccc(S(=O)(=O)Nc3nncs3)cc2O1. The molecule has 3 aromatic rings. The smallest absolute Gasteiger partial charge is 0.416 e. The first-order valence-corrected chi connectivity index (χ1v) is 14.3. The van der Waals surface area contributed by atoms with Gasteiger partial charge >= 0.3 is 6.18 Å². The molecule has 2 N–H and O–H groups in total. The molecule has 0 amide bonds. The Hall–Kier alpha value is -2.70. The third kappa shape index (κ3) is 5.46. The van der Waals surface area contributed by atoms with Crippen LogP contribution in [0.4, 0.5) is 18.3 Å². The van der Waals surface area contributed by atoms with Crippen LogP contribution in [-0.4, -0.2) is 37.3 Å². The van der Waals surface area contributed by atoms with Crippen molar-refractivity contribution in [1.82, 2.24) is 15.5 Å². The normalized spacial score (nSPS) is 20.2. The van der Waals surface area contributed by atoms with Gasteiger partial charge in [-0.1, -0.05) is 23.5 Å². The topological polar surface area (TPSA) is 93.2 Å². The average molecular weight is 553 g/mol. The summed E-state index contributed by atoms with van der Waals surface area (Å²) in [6.45, 7) is 5.30. The van der Waals surface area contributed by atoms with Crippen LogP contribution in [0.2, 0.25) is 0 Å². The van der Waals surface area contributed by atoms with Gasteiger partial charge in [0.1, 0.15) is 16.9 Å². The molecule has 1 aromatic heterocycles. The van der Waals surface area contributed by atoms with Crippen molar-refractivity contribution in [2.24, 2.45) is 0 Å². The minimum Gasteiger partial charge on any atom is -0.487 e. The molecular weight excluding hydrogens is 525 g/mol. The zero-order chi connectivity index (χ0) is 26.4. The molecule has 0 saturated carbocycles. The number of nitrogens with zero attached hydrogens (tertiary/aromatic N) is 2. The molecule has 37 heavy (non-hydrogen) atoms. The van der Waals surface area contributed by atoms with Gasteiger partial charge in [-0.3, -0.25) is 4.72 Å². The summed E-state index contributed by atoms with van der Waals surface area (Å²) < 4.78 is 75.5. The minimum absolute atomic E-state index is 0.00344. The van der Waals surface area contributed by atoms with Crippen molar-refractivity contribution < 1.29 is 26.3 Å². The summed E-state index contributed by atoms with van der Waals surface area (Å²) in [5.74, 6) is 0.153. The van der Waals surface area contributed by atoms with Crippen LogP contribution >= 0.6 is 11.3 Å². The Morgan fingerprint density at radius 1 is 1.08 bits per heavy atom. The summed E-state index contributed by atoms with van der Waals surface area (Å²) >= 11 is 1.06. The van der Waals surface area contributed by atoms with Crippen LogP contribution in [0.25, 0.3) is 0 Å². The molecule has 2 aromatic carbocycles. The van der Waals surface area contributed by atoms with Crippen molar-refractivity contribution in [1.29, 1.82) is 0 Å². The quantitative estimate of drug-likeness (QED) is 0.433. The standard InChI is InChI=1S/C25H27F3N4O3S2/c1-24(2)13-21(18-5-3-16(25(26,27)28)11-20(18)15-7-9-29-10-8-15)19-6-4-17(12-22(19)35-24)37(33,34)32-23-31-30-14-36-23/h3-6,11-12,14-15,21,29H,7-10,13H2,1-2H3,(H,31,32). The van der Waals surface area contributed by atoms with E-state index in [0.717, 1.165) is 54.5 Å². The second kappa shape index (κ2) is 9.55. The van der Waals surface area contributed by atoms with E-state index in [9.17, 15) is 21.6 Å². The molecule has 12 heteroatoms. The van der Waals surface area contributed by atoms with Crippen molar-refractivity contribution in [3.8, 4) is 5.75 Å². The number of hydrogen-bond acceptors (Lipinski definition) is 7. The van der Waals surface area contributed by atoms with Gasteiger partial charge in [-0.2, -0.15) is 13.2 Å². The molecule has 2 aliphatic rings. The van der Waals surface area contributed by atoms with E-state index in [0.29, 0.717) is 17.7 Å². The number of piperidine rings is 1. The molecule has 2 aliphatic heterocycles. The van der Waals surface area contributed by atoms with E-state index in [1.807, 2.05) is 13.8 Å². The fourth-order valence-electron chi connectivity index (χ4n) is 5.22. The van der Waals surface area contributed by atoms with Gasteiger partial charge in [-0.15, -0.1) is 10.2 Å². The first kappa shape index (κ1) is 25.9. The van der Waals surface area contributed by atoms with Crippen LogP contribution < -0.4 is 14.8 Å². The van der Waals surface area contributed by atoms with Crippen LogP contribution in [0.5, 0.6) is 5.75 Å². The first-order valence-electron chi connectivity index (χ1n) is 12.0. The fourth-order valence-corrected chi connectivity index (χ4v) is 6.93. The van der Waals surface area contributed by atoms with Crippen LogP contribution in [0, 0.1) is 0 Å². The predicted octanol–water partition coefficient (Wildman–Crippen LogP) is 5.52. The summed E-state index contributed by atoms with van der Waals surface area (Å²) in [5, 5.41) is 10.8. The Kier molecular flexibility index (Phi) is 6.70. The monoisotopic (exact) mass is 552 g/mol. The van der Waals surface area contributed by atoms with Gasteiger partial charge < -0.3 is 10.1 Å². The van der Waals surface area contributed by atoms with Gasteiger partial charge in [0.25, 0.3) is 10.0 Å². The summed E-state index contributed by atoms with van der Waals surface area (Å²) in [6, 6.07) is 8.71. The van der Waals surface area contributed by atoms with Gasteiger partial charge in [-0.25, -0.2) is 8.42 Å². The largest absolute Gasteiger partial charge is 0.487 e. The Morgan fingerprint density at radius 2 is 1.81 bits per heavy atom. The molecule has 5 rings (SSSR count). The van der Waals surface area contributed by atoms with Crippen molar-refractivity contribution in [3.63, 3.8) is 0 Å². The zero-order valence-electron chi connectivity index (χ0n) is 20.3. The molecule has 198 valence electrons. The third-order valence-electron chi connectivity index (χ3n) is 6.90. The number of halogens is 3. The molecule has 7 nitrogen and oxygen atoms in total. The molecule has 3 heterocycles. The molecule has 0 spiro atoms. The summed E-state index contributed by atoms with van der Waals surface area (Å²) in [4.78, 5) is 0.00361. The minimum atomic E-state index is -4.43. The van der Waals surface area contributed by atoms with E-state index in [4.69, 9.17) is 4.74 Å². The van der Waals surface area contributed by atoms with E-state index in [1.165, 1.54) is 23.7 Å². The maximum absolute atomic E-state index is 13.7. The number of fused-ring (bicyclic) bond motifs is 1. The molecule has 1 saturated heterocycles. The lowest BCUT2D eigenvalue weighted by Crippen LogP contribution is -2.36. The number of ether oxygens (including phenoxy) is 1. The highest BCUT2D eigenvalue weighted by molar-refractivity contribution is 7.93. The van der Waals surface area contributed by atoms with Crippen molar-refractivity contribution in [2.45, 2.75) is 61.6 Å². The summed E-state index contributed by atoms with van der Waals surface area (Å²) in [5.41, 5.74) is 2.40. The second-order valence-electron chi connectivity index (χ2n) is 10.0. The molecule has 0 aliphatic carbocycles. The molecule has 1 atom stereocenters. The lowest BCUT2D eigenvalue weighted by atomic mass is 9.75. The highest BCUT2D eigenvalue weighted by Gasteiger charge is 2.39. The summed E-state index contributed by atoms with van der Waals surface area (Å²) in [6.07, 6.45) is -2.39. The predicted molar refractivity (Wildman–Crippen MR) is 135 cm³/mol. The summed E-state index contributed by atoms with van der Waals surface area (Å²) in [7, 11) is -3.94. The lowest BCUT2D eigenvalue weighted by molar-refractivity contribution is -0.137. The Labute approximate surface area is 217 Å². The third-order valence-corrected chi connectivity index (χ3v) is 8.98. The maximum atomic E-state index is 13.7. The number of benzene rings is 2. The fraction of sp³-hybridized carbons (Fsp3) is 0.440. The van der Waals surface area contributed by atoms with E-state index in [-0.39, 0.29) is 21.9 Å². The Bertz CT molecular complexity index is 1390. The number of nitrogens with one attached hydrogen (secondary N) is 2. The zero-order valence-corrected chi connectivity index (χ0v) is 21.9. The van der Waals surface area contributed by atoms with Gasteiger partial charge in [0.2, 0.25) is 5.13 Å². The van der Waals surface area contributed by atoms with Crippen LogP contribution in [0.3, 0.4) is 0 Å². The first-order chi connectivity index (χ1) is 17.4. The van der Waals surface area contributed by atoms with Crippen LogP contribution in [0.1, 0.15) is 67.2 Å². The molecule has 0 bridgehead atoms. The maximum Gasteiger partial charge on any atom is 0.416 e. The highest BCUT2D eigenvalue weighted by Crippen LogP contribution is 2.48. The van der Waals surface area contributed by atoms with Crippen molar-refractivity contribution >= 4 is 26.5 Å². The van der Waals surface area contributed by atoms with Gasteiger partial charge in [-0.05, 0) is 81.4 Å². The Balaban J connectivity index is 1.58. The molecule has 0 radical (unpaired) electrons. The number of anilines is 1. The number of hydrogen-bond donors (Lipinski definition) is 2. The lowest BCUT2D eigenvalue weighted by Gasteiger charge is -2.39. The van der Waals surface area contributed by atoms with Crippen molar-refractivity contribution in [2.75, 3.05) is 17.8 Å². The average Bonchev–Trinajstić information content (AvgIpc) is 3.34. The number of alkyl halides is 3. The van der Waals surface area contributed by atoms with Crippen LogP contribution in [0.15, 0.2) is 46.8 Å². The van der Waals surface area contributed by atoms with Gasteiger partial charge in [0, 0.05) is 17.5 Å². The van der Waals surface area contributed by atoms with Crippen LogP contribution in [-0.2, 0) is 16.2 Å². The van der Waals surface area contributed by atoms with E-state index < -0.39 is 27.4 Å². The number of rotatable bonds is 5. The number of aromatic nitrogens is 2.